The van der Waals surface area contributed by atoms with Crippen LogP contribution >= 0.6 is 0 Å². The van der Waals surface area contributed by atoms with Gasteiger partial charge in [0.15, 0.2) is 0 Å². The van der Waals surface area contributed by atoms with Crippen molar-refractivity contribution in [2.45, 2.75) is 38.4 Å². The van der Waals surface area contributed by atoms with Gasteiger partial charge in [0.25, 0.3) is 0 Å². The fourth-order valence-corrected chi connectivity index (χ4v) is 1.15. The number of hydrogen-bond acceptors (Lipinski definition) is 2. The summed E-state index contributed by atoms with van der Waals surface area (Å²) in [5, 5.41) is 10.8. The highest BCUT2D eigenvalue weighted by Gasteiger charge is 2.38. The second-order valence-corrected chi connectivity index (χ2v) is 3.06. The highest BCUT2D eigenvalue weighted by Crippen LogP contribution is 2.19. The van der Waals surface area contributed by atoms with Crippen LogP contribution in [0.25, 0.3) is 0 Å². The maximum absolute atomic E-state index is 11.9. The second-order valence-electron chi connectivity index (χ2n) is 3.06. The molecule has 0 aromatic heterocycles. The predicted octanol–water partition coefficient (Wildman–Crippen LogP) is 1.78. The Morgan fingerprint density at radius 1 is 1.29 bits per heavy atom. The first-order chi connectivity index (χ1) is 6.27. The Morgan fingerprint density at radius 3 is 1.93 bits per heavy atom. The first kappa shape index (κ1) is 13.2. The van der Waals surface area contributed by atoms with Gasteiger partial charge in [-0.2, -0.15) is 13.2 Å². The summed E-state index contributed by atoms with van der Waals surface area (Å²) < 4.78 is 35.6. The van der Waals surface area contributed by atoms with E-state index in [0.29, 0.717) is 0 Å². The molecular weight excluding hydrogens is 199 g/mol. The Balaban J connectivity index is 4.45. The van der Waals surface area contributed by atoms with Gasteiger partial charge in [-0.3, -0.25) is 10.1 Å². The van der Waals surface area contributed by atoms with Crippen molar-refractivity contribution in [3.05, 3.63) is 0 Å². The van der Waals surface area contributed by atoms with Crippen LogP contribution in [-0.2, 0) is 4.79 Å². The molecule has 0 atom stereocenters. The van der Waals surface area contributed by atoms with E-state index in [9.17, 15) is 18.0 Å². The van der Waals surface area contributed by atoms with E-state index in [2.05, 4.69) is 0 Å². The van der Waals surface area contributed by atoms with Crippen molar-refractivity contribution in [1.82, 2.24) is 5.32 Å². The number of halogens is 3. The molecule has 0 saturated carbocycles. The Kier molecular flexibility index (Phi) is 4.38. The van der Waals surface area contributed by atoms with Gasteiger partial charge < -0.3 is 5.11 Å². The van der Waals surface area contributed by atoms with Gasteiger partial charge in [-0.25, -0.2) is 0 Å². The number of rotatable bonds is 5. The smallest absolute Gasteiger partial charge is 0.401 e. The predicted molar refractivity (Wildman–Crippen MR) is 45.0 cm³/mol. The summed E-state index contributed by atoms with van der Waals surface area (Å²) >= 11 is 0. The van der Waals surface area contributed by atoms with E-state index in [4.69, 9.17) is 5.11 Å². The zero-order valence-electron chi connectivity index (χ0n) is 8.11. The number of alkyl halides is 3. The van der Waals surface area contributed by atoms with Crippen LogP contribution in [0.5, 0.6) is 0 Å². The third-order valence-electron chi connectivity index (χ3n) is 2.24. The molecule has 0 radical (unpaired) electrons. The van der Waals surface area contributed by atoms with Crippen LogP contribution in [-0.4, -0.2) is 29.3 Å². The molecule has 0 bridgehead atoms. The summed E-state index contributed by atoms with van der Waals surface area (Å²) in [4.78, 5) is 10.8. The summed E-state index contributed by atoms with van der Waals surface area (Å²) in [5.41, 5.74) is -1.46. The lowest BCUT2D eigenvalue weighted by atomic mass is 9.93. The molecule has 3 nitrogen and oxygen atoms in total. The van der Waals surface area contributed by atoms with E-state index in [-0.39, 0.29) is 12.8 Å². The summed E-state index contributed by atoms with van der Waals surface area (Å²) in [6, 6.07) is 0. The molecule has 0 saturated heterocycles. The minimum atomic E-state index is -4.38. The SMILES string of the molecule is CCC(CC)(NCC(F)(F)F)C(=O)O. The van der Waals surface area contributed by atoms with Crippen LogP contribution in [0.1, 0.15) is 26.7 Å². The lowest BCUT2D eigenvalue weighted by Gasteiger charge is -2.28. The molecule has 0 aromatic rings. The van der Waals surface area contributed by atoms with Crippen LogP contribution in [0.3, 0.4) is 0 Å². The normalized spacial score (nSPS) is 12.9. The van der Waals surface area contributed by atoms with Crippen molar-refractivity contribution >= 4 is 5.97 Å². The molecule has 2 N–H and O–H groups in total. The molecule has 0 unspecified atom stereocenters. The van der Waals surface area contributed by atoms with E-state index in [1.807, 2.05) is 5.32 Å². The molecule has 0 aromatic carbocycles. The minimum Gasteiger partial charge on any atom is -0.480 e. The van der Waals surface area contributed by atoms with E-state index in [0.717, 1.165) is 0 Å². The molecule has 14 heavy (non-hydrogen) atoms. The molecule has 0 heterocycles. The van der Waals surface area contributed by atoms with Gasteiger partial charge in [0.05, 0.1) is 6.54 Å². The van der Waals surface area contributed by atoms with Crippen molar-refractivity contribution in [3.63, 3.8) is 0 Å². The molecule has 0 fully saturated rings. The standard InChI is InChI=1S/C8H14F3NO2/c1-3-7(4-2,6(13)14)12-5-8(9,10)11/h12H,3-5H2,1-2H3,(H,13,14). The molecule has 0 amide bonds. The summed E-state index contributed by atoms with van der Waals surface area (Å²) in [7, 11) is 0. The van der Waals surface area contributed by atoms with Crippen LogP contribution < -0.4 is 5.32 Å². The van der Waals surface area contributed by atoms with Crippen LogP contribution in [0.4, 0.5) is 13.2 Å². The van der Waals surface area contributed by atoms with Crippen molar-refractivity contribution in [2.24, 2.45) is 0 Å². The molecule has 84 valence electrons. The van der Waals surface area contributed by atoms with Crippen LogP contribution in [0.2, 0.25) is 0 Å². The minimum absolute atomic E-state index is 0.120. The van der Waals surface area contributed by atoms with E-state index in [1.165, 1.54) is 0 Å². The lowest BCUT2D eigenvalue weighted by Crippen LogP contribution is -2.53. The van der Waals surface area contributed by atoms with E-state index >= 15 is 0 Å². The molecule has 0 aliphatic rings. The maximum Gasteiger partial charge on any atom is 0.401 e. The van der Waals surface area contributed by atoms with Gasteiger partial charge >= 0.3 is 12.1 Å². The van der Waals surface area contributed by atoms with Gasteiger partial charge in [-0.15, -0.1) is 0 Å². The van der Waals surface area contributed by atoms with Crippen LogP contribution in [0, 0.1) is 0 Å². The molecule has 0 spiro atoms. The topological polar surface area (TPSA) is 49.3 Å². The van der Waals surface area contributed by atoms with Gasteiger partial charge in [0, 0.05) is 0 Å². The maximum atomic E-state index is 11.9. The van der Waals surface area contributed by atoms with Gasteiger partial charge in [-0.1, -0.05) is 13.8 Å². The highest BCUT2D eigenvalue weighted by atomic mass is 19.4. The van der Waals surface area contributed by atoms with E-state index in [1.54, 1.807) is 13.8 Å². The number of aliphatic carboxylic acids is 1. The molecule has 0 aliphatic carbocycles. The average Bonchev–Trinajstić information content (AvgIpc) is 2.04. The lowest BCUT2D eigenvalue weighted by molar-refractivity contribution is -0.150. The molecule has 0 aliphatic heterocycles. The number of carboxylic acid groups (broad SMARTS) is 1. The first-order valence-corrected chi connectivity index (χ1v) is 4.32. The Morgan fingerprint density at radius 2 is 1.71 bits per heavy atom. The Bertz CT molecular complexity index is 199. The first-order valence-electron chi connectivity index (χ1n) is 4.32. The highest BCUT2D eigenvalue weighted by molar-refractivity contribution is 5.78. The number of carbonyl (C=O) groups is 1. The molecular formula is C8H14F3NO2. The van der Waals surface area contributed by atoms with E-state index < -0.39 is 24.2 Å². The summed E-state index contributed by atoms with van der Waals surface area (Å²) in [6.07, 6.45) is -4.14. The Labute approximate surface area is 80.3 Å². The monoisotopic (exact) mass is 213 g/mol. The third kappa shape index (κ3) is 3.53. The molecule has 6 heteroatoms. The fourth-order valence-electron chi connectivity index (χ4n) is 1.15. The summed E-state index contributed by atoms with van der Waals surface area (Å²) in [5.74, 6) is -1.24. The average molecular weight is 213 g/mol. The number of carboxylic acids is 1. The van der Waals surface area contributed by atoms with Gasteiger partial charge in [-0.05, 0) is 12.8 Å². The third-order valence-corrected chi connectivity index (χ3v) is 2.24. The summed E-state index contributed by atoms with van der Waals surface area (Å²) in [6.45, 7) is 1.81. The van der Waals surface area contributed by atoms with Gasteiger partial charge in [0.2, 0.25) is 0 Å². The van der Waals surface area contributed by atoms with Crippen molar-refractivity contribution < 1.29 is 23.1 Å². The Hall–Kier alpha value is -0.780. The largest absolute Gasteiger partial charge is 0.480 e. The second kappa shape index (κ2) is 4.63. The number of hydrogen-bond donors (Lipinski definition) is 2. The molecule has 0 rings (SSSR count). The quantitative estimate of drug-likeness (QED) is 0.731. The fraction of sp³-hybridized carbons (Fsp3) is 0.875. The van der Waals surface area contributed by atoms with Crippen LogP contribution in [0.15, 0.2) is 0 Å². The zero-order valence-corrected chi connectivity index (χ0v) is 8.11. The van der Waals surface area contributed by atoms with Crippen molar-refractivity contribution in [1.29, 1.82) is 0 Å². The zero-order chi connectivity index (χ0) is 11.4. The number of nitrogens with one attached hydrogen (secondary N) is 1. The van der Waals surface area contributed by atoms with Crippen molar-refractivity contribution in [3.8, 4) is 0 Å². The van der Waals surface area contributed by atoms with Gasteiger partial charge in [0.1, 0.15) is 5.54 Å². The van der Waals surface area contributed by atoms with Crippen molar-refractivity contribution in [2.75, 3.05) is 6.54 Å².